The summed E-state index contributed by atoms with van der Waals surface area (Å²) in [5, 5.41) is 16.5. The van der Waals surface area contributed by atoms with Gasteiger partial charge in [-0.25, -0.2) is 0 Å². The predicted molar refractivity (Wildman–Crippen MR) is 582 cm³/mol. The second kappa shape index (κ2) is 31.7. The van der Waals surface area contributed by atoms with Crippen LogP contribution < -0.4 is 61.1 Å². The lowest BCUT2D eigenvalue weighted by atomic mass is 9.39. The van der Waals surface area contributed by atoms with Crippen molar-refractivity contribution >= 4 is 196 Å². The van der Waals surface area contributed by atoms with Gasteiger partial charge in [0.05, 0.1) is 76.0 Å². The topological polar surface area (TPSA) is 13.0 Å². The molecule has 0 aliphatic heterocycles. The zero-order chi connectivity index (χ0) is 90.7. The molecule has 12 heteroatoms. The molecule has 2 aliphatic rings. The fourth-order valence-electron chi connectivity index (χ4n) is 21.1. The highest BCUT2D eigenvalue weighted by Crippen LogP contribution is 2.77. The molecule has 0 fully saturated rings. The van der Waals surface area contributed by atoms with Gasteiger partial charge < -0.3 is 19.6 Å². The van der Waals surface area contributed by atoms with Crippen LogP contribution in [0.5, 0.6) is 0 Å². The molecule has 0 radical (unpaired) electrons. The molecule has 0 aromatic heterocycles. The van der Waals surface area contributed by atoms with E-state index in [0.29, 0.717) is 0 Å². The number of nitrogens with zero attached hydrogens (tertiary/aromatic N) is 4. The molecule has 646 valence electrons. The van der Waals surface area contributed by atoms with Crippen molar-refractivity contribution < 1.29 is 0 Å². The largest absolute Gasteiger partial charge is 0.310 e. The van der Waals surface area contributed by atoms with E-state index in [-0.39, 0.29) is 0 Å². The van der Waals surface area contributed by atoms with E-state index in [2.05, 4.69) is 509 Å². The Morgan fingerprint density at radius 3 is 0.540 bits per heavy atom. The Morgan fingerprint density at radius 1 is 0.183 bits per heavy atom. The summed E-state index contributed by atoms with van der Waals surface area (Å²) in [5.41, 5.74) is 21.0. The minimum Gasteiger partial charge on any atom is -0.310 e. The molecule has 0 bridgehead atoms. The lowest BCUT2D eigenvalue weighted by molar-refractivity contribution is 0.0595. The highest BCUT2D eigenvalue weighted by Gasteiger charge is 2.71. The molecule has 0 heterocycles. The van der Waals surface area contributed by atoms with E-state index >= 15 is 0 Å². The summed E-state index contributed by atoms with van der Waals surface area (Å²) in [6.45, 7) is 75.3. The first-order chi connectivity index (χ1) is 58.8. The first-order valence-corrected chi connectivity index (χ1v) is 74.3. The van der Waals surface area contributed by atoms with Crippen LogP contribution in [-0.4, -0.2) is 64.6 Å². The van der Waals surface area contributed by atoms with Crippen molar-refractivity contribution in [2.24, 2.45) is 10.8 Å². The molecule has 2 unspecified atom stereocenters. The molecule has 16 rings (SSSR count). The zero-order valence-corrected chi connectivity index (χ0v) is 89.5. The summed E-state index contributed by atoms with van der Waals surface area (Å²) < 4.78 is 0. The molecule has 0 spiro atoms. The van der Waals surface area contributed by atoms with Crippen LogP contribution >= 0.6 is 0 Å². The lowest BCUT2D eigenvalue weighted by Crippen LogP contribution is -2.62. The minimum atomic E-state index is -1.76. The van der Waals surface area contributed by atoms with Crippen LogP contribution in [0.2, 0.25) is 157 Å². The molecule has 0 saturated heterocycles. The lowest BCUT2D eigenvalue weighted by Gasteiger charge is -2.62. The van der Waals surface area contributed by atoms with Crippen LogP contribution in [0.15, 0.2) is 291 Å². The van der Waals surface area contributed by atoms with Crippen molar-refractivity contribution in [2.45, 2.75) is 210 Å². The standard InChI is InChI=1S/C114H138N4Si8/c1-111(2,3)113(103-75-87(115(79-39-57-89(58-40-79)119(7,8)9)80-41-59-90(60-42-80)120(10,11)12)55-73-101(103)109-99-37-33-31-35-97(99)107(77-105(109)113)117(83-47-65-93(66-48-83)123(19,20)21)84-49-67-94(68-50-84)124(22,23)24)114(112(4,5)6)104-76-88(116(81-43-61-91(62-44-81)121(13,14)15)82-45-63-92(64-46-82)122(16,17)18)56-74-102(104)110-100-38-34-32-36-98(100)108(78-106(110)114)118(85-51-69-95(70-52-85)125(25,26)27)86-53-71-96(72-54-86)126(28,29)30/h31-78H,1-30H3. The average Bonchev–Trinajstić information content (AvgIpc) is 1.46. The maximum Gasteiger partial charge on any atom is 0.0775 e. The van der Waals surface area contributed by atoms with Crippen LogP contribution in [-0.2, 0) is 10.8 Å². The van der Waals surface area contributed by atoms with Gasteiger partial charge >= 0.3 is 0 Å². The van der Waals surface area contributed by atoms with Crippen molar-refractivity contribution in [2.75, 3.05) is 19.6 Å². The van der Waals surface area contributed by atoms with Crippen molar-refractivity contribution in [1.29, 1.82) is 0 Å². The summed E-state index contributed by atoms with van der Waals surface area (Å²) in [6, 6.07) is 119. The molecule has 2 atom stereocenters. The number of benzene rings is 14. The van der Waals surface area contributed by atoms with E-state index in [9.17, 15) is 0 Å². The predicted octanol–water partition coefficient (Wildman–Crippen LogP) is 29.6. The summed E-state index contributed by atoms with van der Waals surface area (Å²) in [7, 11) is -14.0. The molecular formula is C114H138N4Si8. The Hall–Kier alpha value is -9.46. The summed E-state index contributed by atoms with van der Waals surface area (Å²) >= 11 is 0. The van der Waals surface area contributed by atoms with E-state index in [1.54, 1.807) is 0 Å². The van der Waals surface area contributed by atoms with Crippen molar-refractivity contribution in [1.82, 2.24) is 0 Å². The second-order valence-electron chi connectivity index (χ2n) is 46.9. The normalized spacial score (nSPS) is 15.8. The molecule has 126 heavy (non-hydrogen) atoms. The first kappa shape index (κ1) is 89.9. The molecule has 0 N–H and O–H groups in total. The second-order valence-corrected chi connectivity index (χ2v) is 87.5. The van der Waals surface area contributed by atoms with E-state index < -0.39 is 86.3 Å². The van der Waals surface area contributed by atoms with Crippen LogP contribution in [0.3, 0.4) is 0 Å². The Labute approximate surface area is 765 Å². The van der Waals surface area contributed by atoms with E-state index in [4.69, 9.17) is 0 Å². The fraction of sp³-hybridized carbons (Fsp3) is 0.298. The van der Waals surface area contributed by atoms with Gasteiger partial charge in [-0.1, -0.05) is 398 Å². The number of rotatable bonds is 21. The third-order valence-corrected chi connectivity index (χ3v) is 44.5. The Morgan fingerprint density at radius 2 is 0.357 bits per heavy atom. The first-order valence-electron chi connectivity index (χ1n) is 46.3. The number of hydrogen-bond donors (Lipinski definition) is 0. The number of fused-ring (bicyclic) bond motifs is 10. The molecule has 0 amide bonds. The van der Waals surface area contributed by atoms with Gasteiger partial charge in [0.25, 0.3) is 0 Å². The summed E-state index contributed by atoms with van der Waals surface area (Å²) in [4.78, 5) is 10.5. The van der Waals surface area contributed by atoms with E-state index in [1.165, 1.54) is 119 Å². The average molecular weight is 1790 g/mol. The highest BCUT2D eigenvalue weighted by atomic mass is 28.3. The van der Waals surface area contributed by atoms with Gasteiger partial charge in [0.15, 0.2) is 0 Å². The third kappa shape index (κ3) is 15.8. The fourth-order valence-corrected chi connectivity index (χ4v) is 30.5. The Balaban J connectivity index is 1.13. The molecular weight excluding hydrogens is 1650 g/mol. The number of anilines is 12. The maximum absolute atomic E-state index is 2.78. The third-order valence-electron chi connectivity index (χ3n) is 27.9. The van der Waals surface area contributed by atoms with Crippen LogP contribution in [0.1, 0.15) is 63.8 Å². The Bertz CT molecular complexity index is 5820. The molecule has 2 aliphatic carbocycles. The van der Waals surface area contributed by atoms with Gasteiger partial charge in [0.1, 0.15) is 0 Å². The zero-order valence-electron chi connectivity index (χ0n) is 81.5. The van der Waals surface area contributed by atoms with E-state index in [1.807, 2.05) is 0 Å². The summed E-state index contributed by atoms with van der Waals surface area (Å²) in [5.74, 6) is 0. The van der Waals surface area contributed by atoms with Gasteiger partial charge in [-0.3, -0.25) is 0 Å². The van der Waals surface area contributed by atoms with Gasteiger partial charge in [-0.2, -0.15) is 0 Å². The summed E-state index contributed by atoms with van der Waals surface area (Å²) in [6.07, 6.45) is 0. The van der Waals surface area contributed by atoms with Gasteiger partial charge in [-0.15, -0.1) is 0 Å². The van der Waals surface area contributed by atoms with Crippen LogP contribution in [0.25, 0.3) is 43.8 Å². The molecule has 0 saturated carbocycles. The van der Waals surface area contributed by atoms with Crippen molar-refractivity contribution in [3.63, 3.8) is 0 Å². The molecule has 4 nitrogen and oxygen atoms in total. The van der Waals surface area contributed by atoms with Crippen LogP contribution in [0, 0.1) is 10.8 Å². The SMILES string of the molecule is CC(C)(C)C1(C2(C(C)(C)C)c3cc(N(c4ccc([Si](C)(C)C)cc4)c4ccc([Si](C)(C)C)cc4)ccc3-c3c2cc(N(c2ccc([Si](C)(C)C)cc2)c2ccc([Si](C)(C)C)cc2)c2ccccc32)c2cc(N(c3ccc([Si](C)(C)C)cc3)c3ccc([Si](C)(C)C)cc3)ccc2-c2c1cc(N(c1ccc([Si](C)(C)C)cc1)c1ccc([Si](C)(C)C)cc1)c1ccccc21. The van der Waals surface area contributed by atoms with Gasteiger partial charge in [0, 0.05) is 78.5 Å². The van der Waals surface area contributed by atoms with Crippen molar-refractivity contribution in [3.8, 4) is 22.3 Å². The molecule has 14 aromatic rings. The molecule has 14 aromatic carbocycles. The van der Waals surface area contributed by atoms with Crippen molar-refractivity contribution in [3.05, 3.63) is 313 Å². The maximum atomic E-state index is 2.78. The highest BCUT2D eigenvalue weighted by molar-refractivity contribution is 6.91. The minimum absolute atomic E-state index is 0.636. The van der Waals surface area contributed by atoms with Gasteiger partial charge in [0.2, 0.25) is 0 Å². The van der Waals surface area contributed by atoms with E-state index in [0.717, 1.165) is 56.9 Å². The smallest absolute Gasteiger partial charge is 0.0775 e. The number of hydrogen-bond acceptors (Lipinski definition) is 4. The van der Waals surface area contributed by atoms with Gasteiger partial charge in [-0.05, 0) is 200 Å². The Kier molecular flexibility index (Phi) is 22.6. The quantitative estimate of drug-likeness (QED) is 0.0665. The monoisotopic (exact) mass is 1790 g/mol. The van der Waals surface area contributed by atoms with Crippen LogP contribution in [0.4, 0.5) is 68.2 Å².